The van der Waals surface area contributed by atoms with E-state index in [2.05, 4.69) is 4.74 Å². The van der Waals surface area contributed by atoms with Crippen LogP contribution in [0.3, 0.4) is 0 Å². The van der Waals surface area contributed by atoms with Crippen LogP contribution in [-0.2, 0) is 4.79 Å². The molecule has 0 spiro atoms. The smallest absolute Gasteiger partial charge is 0.387 e. The van der Waals surface area contributed by atoms with E-state index in [1.807, 2.05) is 0 Å². The molecule has 1 fully saturated rings. The van der Waals surface area contributed by atoms with Crippen molar-refractivity contribution in [2.24, 2.45) is 5.92 Å². The molecule has 0 amide bonds. The van der Waals surface area contributed by atoms with Crippen molar-refractivity contribution in [2.45, 2.75) is 19.5 Å². The molecule has 1 aliphatic rings. The zero-order chi connectivity index (χ0) is 11.5. The second kappa shape index (κ2) is 4.47. The molecule has 1 aliphatic carbocycles. The Balaban J connectivity index is 2.08. The van der Waals surface area contributed by atoms with Crippen LogP contribution < -0.4 is 9.47 Å². The van der Waals surface area contributed by atoms with Gasteiger partial charge in [-0.3, -0.25) is 4.79 Å². The summed E-state index contributed by atoms with van der Waals surface area (Å²) in [5, 5.41) is 0. The highest BCUT2D eigenvalue weighted by molar-refractivity contribution is 5.78. The number of halogens is 2. The summed E-state index contributed by atoms with van der Waals surface area (Å²) in [5.74, 6) is -0.545. The summed E-state index contributed by atoms with van der Waals surface area (Å²) < 4.78 is 33.3. The van der Waals surface area contributed by atoms with Crippen LogP contribution in [0.4, 0.5) is 8.78 Å². The molecule has 0 N–H and O–H groups in total. The third kappa shape index (κ3) is 2.68. The minimum atomic E-state index is -2.93. The van der Waals surface area contributed by atoms with E-state index >= 15 is 0 Å². The number of rotatable bonds is 4. The lowest BCUT2D eigenvalue weighted by atomic mass is 10.3. The summed E-state index contributed by atoms with van der Waals surface area (Å²) in [6, 6.07) is 5.89. The second-order valence-corrected chi connectivity index (χ2v) is 3.52. The van der Waals surface area contributed by atoms with Gasteiger partial charge in [0, 0.05) is 0 Å². The Morgan fingerprint density at radius 3 is 2.44 bits per heavy atom. The Morgan fingerprint density at radius 2 is 1.88 bits per heavy atom. The lowest BCUT2D eigenvalue weighted by Crippen LogP contribution is -2.11. The van der Waals surface area contributed by atoms with Crippen LogP contribution >= 0.6 is 0 Å². The number of para-hydroxylation sites is 2. The average Bonchev–Trinajstić information content (AvgIpc) is 3.03. The lowest BCUT2D eigenvalue weighted by Gasteiger charge is -2.10. The van der Waals surface area contributed by atoms with Gasteiger partial charge in [0.25, 0.3) is 0 Å². The van der Waals surface area contributed by atoms with Gasteiger partial charge in [0.05, 0.1) is 5.92 Å². The maximum atomic E-state index is 12.0. The van der Waals surface area contributed by atoms with Gasteiger partial charge in [-0.05, 0) is 25.0 Å². The topological polar surface area (TPSA) is 35.5 Å². The number of benzene rings is 1. The Kier molecular flexibility index (Phi) is 3.03. The predicted molar refractivity (Wildman–Crippen MR) is 51.4 cm³/mol. The zero-order valence-electron chi connectivity index (χ0n) is 8.36. The van der Waals surface area contributed by atoms with E-state index in [4.69, 9.17) is 4.74 Å². The van der Waals surface area contributed by atoms with Gasteiger partial charge in [0.1, 0.15) is 0 Å². The Hall–Kier alpha value is -1.65. The van der Waals surface area contributed by atoms with Crippen LogP contribution in [0.2, 0.25) is 0 Å². The van der Waals surface area contributed by atoms with Crippen molar-refractivity contribution in [3.05, 3.63) is 24.3 Å². The van der Waals surface area contributed by atoms with Crippen LogP contribution in [0.5, 0.6) is 11.5 Å². The van der Waals surface area contributed by atoms with E-state index in [1.165, 1.54) is 18.2 Å². The lowest BCUT2D eigenvalue weighted by molar-refractivity contribution is -0.136. The van der Waals surface area contributed by atoms with Crippen molar-refractivity contribution in [1.29, 1.82) is 0 Å². The maximum Gasteiger partial charge on any atom is 0.387 e. The summed E-state index contributed by atoms with van der Waals surface area (Å²) in [4.78, 5) is 11.3. The largest absolute Gasteiger partial charge is 0.431 e. The molecule has 1 aromatic rings. The minimum Gasteiger partial charge on any atom is -0.431 e. The molecular formula is C11H10F2O3. The number of hydrogen-bond donors (Lipinski definition) is 0. The summed E-state index contributed by atoms with van der Waals surface area (Å²) in [7, 11) is 0. The predicted octanol–water partition coefficient (Wildman–Crippen LogP) is 2.60. The maximum absolute atomic E-state index is 12.0. The Labute approximate surface area is 91.0 Å². The minimum absolute atomic E-state index is 0.0414. The second-order valence-electron chi connectivity index (χ2n) is 3.52. The van der Waals surface area contributed by atoms with Gasteiger partial charge in [0.2, 0.25) is 0 Å². The molecule has 86 valence electrons. The first-order valence-corrected chi connectivity index (χ1v) is 4.92. The van der Waals surface area contributed by atoms with E-state index in [0.717, 1.165) is 12.8 Å². The number of ether oxygens (including phenoxy) is 2. The summed E-state index contributed by atoms with van der Waals surface area (Å²) in [6.07, 6.45) is 1.60. The Bertz CT molecular complexity index is 389. The standard InChI is InChI=1S/C11H10F2O3/c12-11(13)16-9-4-2-1-3-8(9)15-10(14)7-5-6-7/h1-4,7,11H,5-6H2. The van der Waals surface area contributed by atoms with E-state index < -0.39 is 6.61 Å². The molecule has 0 aromatic heterocycles. The molecule has 1 saturated carbocycles. The first-order chi connectivity index (χ1) is 7.66. The van der Waals surface area contributed by atoms with Gasteiger partial charge in [-0.25, -0.2) is 0 Å². The van der Waals surface area contributed by atoms with Gasteiger partial charge in [-0.2, -0.15) is 8.78 Å². The van der Waals surface area contributed by atoms with Crippen molar-refractivity contribution in [3.8, 4) is 11.5 Å². The van der Waals surface area contributed by atoms with E-state index in [0.29, 0.717) is 0 Å². The third-order valence-corrected chi connectivity index (χ3v) is 2.19. The molecule has 0 bridgehead atoms. The number of alkyl halides is 2. The monoisotopic (exact) mass is 228 g/mol. The van der Waals surface area contributed by atoms with Gasteiger partial charge < -0.3 is 9.47 Å². The SMILES string of the molecule is O=C(Oc1ccccc1OC(F)F)C1CC1. The highest BCUT2D eigenvalue weighted by Gasteiger charge is 2.32. The van der Waals surface area contributed by atoms with E-state index in [-0.39, 0.29) is 23.4 Å². The van der Waals surface area contributed by atoms with Crippen molar-refractivity contribution >= 4 is 5.97 Å². The van der Waals surface area contributed by atoms with Crippen molar-refractivity contribution in [1.82, 2.24) is 0 Å². The fourth-order valence-electron chi connectivity index (χ4n) is 1.24. The summed E-state index contributed by atoms with van der Waals surface area (Å²) in [6.45, 7) is -2.93. The number of hydrogen-bond acceptors (Lipinski definition) is 3. The van der Waals surface area contributed by atoms with Gasteiger partial charge >= 0.3 is 12.6 Å². The molecule has 3 nitrogen and oxygen atoms in total. The third-order valence-electron chi connectivity index (χ3n) is 2.19. The van der Waals surface area contributed by atoms with Crippen LogP contribution in [0.25, 0.3) is 0 Å². The highest BCUT2D eigenvalue weighted by atomic mass is 19.3. The molecule has 0 heterocycles. The van der Waals surface area contributed by atoms with Crippen molar-refractivity contribution in [2.75, 3.05) is 0 Å². The van der Waals surface area contributed by atoms with Crippen LogP contribution in [0, 0.1) is 5.92 Å². The number of carbonyl (C=O) groups is 1. The highest BCUT2D eigenvalue weighted by Crippen LogP contribution is 2.34. The molecular weight excluding hydrogens is 218 g/mol. The molecule has 0 atom stereocenters. The van der Waals surface area contributed by atoms with Gasteiger partial charge in [-0.1, -0.05) is 12.1 Å². The molecule has 0 radical (unpaired) electrons. The quantitative estimate of drug-likeness (QED) is 0.587. The molecule has 1 aromatic carbocycles. The summed E-state index contributed by atoms with van der Waals surface area (Å²) in [5.41, 5.74) is 0. The van der Waals surface area contributed by atoms with Gasteiger partial charge in [0.15, 0.2) is 11.5 Å². The summed E-state index contributed by atoms with van der Waals surface area (Å²) >= 11 is 0. The van der Waals surface area contributed by atoms with Crippen LogP contribution in [-0.4, -0.2) is 12.6 Å². The number of carbonyl (C=O) groups excluding carboxylic acids is 1. The zero-order valence-corrected chi connectivity index (χ0v) is 8.36. The van der Waals surface area contributed by atoms with Crippen LogP contribution in [0.15, 0.2) is 24.3 Å². The molecule has 0 aliphatic heterocycles. The van der Waals surface area contributed by atoms with Gasteiger partial charge in [-0.15, -0.1) is 0 Å². The van der Waals surface area contributed by atoms with Crippen molar-refractivity contribution < 1.29 is 23.0 Å². The molecule has 5 heteroatoms. The fourth-order valence-corrected chi connectivity index (χ4v) is 1.24. The van der Waals surface area contributed by atoms with Crippen molar-refractivity contribution in [3.63, 3.8) is 0 Å². The first kappa shape index (κ1) is 10.9. The first-order valence-electron chi connectivity index (χ1n) is 4.92. The molecule has 0 unspecified atom stereocenters. The van der Waals surface area contributed by atoms with E-state index in [9.17, 15) is 13.6 Å². The van der Waals surface area contributed by atoms with E-state index in [1.54, 1.807) is 6.07 Å². The average molecular weight is 228 g/mol. The van der Waals surface area contributed by atoms with Crippen LogP contribution in [0.1, 0.15) is 12.8 Å². The molecule has 0 saturated heterocycles. The fraction of sp³-hybridized carbons (Fsp3) is 0.364. The number of esters is 1. The molecule has 16 heavy (non-hydrogen) atoms. The Morgan fingerprint density at radius 1 is 1.25 bits per heavy atom. The molecule has 2 rings (SSSR count). The normalized spacial score (nSPS) is 14.9.